The Balaban J connectivity index is 1.41. The molecule has 2 saturated heterocycles. The number of ether oxygens (including phenoxy) is 1. The summed E-state index contributed by atoms with van der Waals surface area (Å²) in [4.78, 5) is 27.6. The minimum Gasteiger partial charge on any atom is -0.463 e. The summed E-state index contributed by atoms with van der Waals surface area (Å²) in [5.74, 6) is -0.0553. The van der Waals surface area contributed by atoms with Crippen LogP contribution in [0.4, 0.5) is 14.6 Å². The lowest BCUT2D eigenvalue weighted by atomic mass is 9.95. The molecule has 2 aromatic carbocycles. The molecular weight excluding hydrogens is 588 g/mol. The maximum Gasteiger partial charge on any atom is 0.319 e. The summed E-state index contributed by atoms with van der Waals surface area (Å²) in [7, 11) is 0. The second kappa shape index (κ2) is 11.7. The number of aromatic nitrogens is 4. The van der Waals surface area contributed by atoms with Gasteiger partial charge in [-0.2, -0.15) is 15.1 Å². The number of aromatic amines is 1. The van der Waals surface area contributed by atoms with Gasteiger partial charge < -0.3 is 14.5 Å². The second-order valence-electron chi connectivity index (χ2n) is 12.5. The molecule has 4 heterocycles. The summed E-state index contributed by atoms with van der Waals surface area (Å²) in [5.41, 5.74) is 1.44. The number of benzene rings is 2. The van der Waals surface area contributed by atoms with E-state index in [1.807, 2.05) is 37.8 Å². The van der Waals surface area contributed by atoms with Crippen LogP contribution in [0.2, 0.25) is 5.02 Å². The topological polar surface area (TPSA) is 90.5 Å². The van der Waals surface area contributed by atoms with Gasteiger partial charge >= 0.3 is 6.01 Å². The number of rotatable bonds is 7. The van der Waals surface area contributed by atoms with Crippen molar-refractivity contribution in [1.29, 1.82) is 0 Å². The second-order valence-corrected chi connectivity index (χ2v) is 12.9. The zero-order valence-corrected chi connectivity index (χ0v) is 26.5. The van der Waals surface area contributed by atoms with Crippen LogP contribution in [-0.4, -0.2) is 93.0 Å². The molecule has 1 unspecified atom stereocenters. The van der Waals surface area contributed by atoms with Crippen LogP contribution in [0, 0.1) is 12.7 Å². The first kappa shape index (κ1) is 30.5. The molecule has 234 valence electrons. The highest BCUT2D eigenvalue weighted by atomic mass is 35.5. The van der Waals surface area contributed by atoms with Gasteiger partial charge in [0.1, 0.15) is 17.0 Å². The average molecular weight is 626 g/mol. The molecule has 2 aromatic heterocycles. The predicted molar refractivity (Wildman–Crippen MR) is 169 cm³/mol. The van der Waals surface area contributed by atoms with E-state index in [0.717, 1.165) is 16.5 Å². The number of fused-ring (bicyclic) bond motifs is 2. The van der Waals surface area contributed by atoms with E-state index in [1.54, 1.807) is 26.1 Å². The SMILES string of the molecule is CC(=O)N1C[C@H](C)N(c2nc(OCCCN3CCC(C)(F)C3)nc3c(F)c(-c4c(C)ccc5[nH]ncc45)c(Cl)cc23)C[C@H]1C. The summed E-state index contributed by atoms with van der Waals surface area (Å²) in [5, 5.41) is 8.56. The number of nitrogens with zero attached hydrogens (tertiary/aromatic N) is 6. The third-order valence-corrected chi connectivity index (χ3v) is 9.24. The lowest BCUT2D eigenvalue weighted by molar-refractivity contribution is -0.131. The number of amides is 1. The minimum absolute atomic E-state index is 0.00849. The van der Waals surface area contributed by atoms with Crippen molar-refractivity contribution in [2.75, 3.05) is 44.2 Å². The smallest absolute Gasteiger partial charge is 0.319 e. The van der Waals surface area contributed by atoms with E-state index in [9.17, 15) is 9.18 Å². The molecule has 1 N–H and O–H groups in total. The molecule has 12 heteroatoms. The first-order valence-corrected chi connectivity index (χ1v) is 15.5. The number of aryl methyl sites for hydroxylation is 1. The first-order valence-electron chi connectivity index (χ1n) is 15.1. The van der Waals surface area contributed by atoms with Crippen molar-refractivity contribution in [1.82, 2.24) is 30.0 Å². The fourth-order valence-corrected chi connectivity index (χ4v) is 6.94. The summed E-state index contributed by atoms with van der Waals surface area (Å²) in [6.07, 6.45) is 2.84. The number of halogens is 3. The van der Waals surface area contributed by atoms with Gasteiger partial charge in [0.2, 0.25) is 5.91 Å². The molecule has 3 atom stereocenters. The van der Waals surface area contributed by atoms with E-state index in [0.29, 0.717) is 68.9 Å². The van der Waals surface area contributed by atoms with Crippen LogP contribution in [0.3, 0.4) is 0 Å². The van der Waals surface area contributed by atoms with Crippen molar-refractivity contribution in [3.8, 4) is 17.1 Å². The maximum atomic E-state index is 16.8. The number of piperazine rings is 1. The van der Waals surface area contributed by atoms with Crippen LogP contribution >= 0.6 is 11.6 Å². The van der Waals surface area contributed by atoms with E-state index < -0.39 is 11.5 Å². The van der Waals surface area contributed by atoms with Gasteiger partial charge in [-0.25, -0.2) is 8.78 Å². The molecule has 0 bridgehead atoms. The quantitative estimate of drug-likeness (QED) is 0.255. The number of H-pyrrole nitrogens is 1. The van der Waals surface area contributed by atoms with E-state index in [2.05, 4.69) is 25.0 Å². The van der Waals surface area contributed by atoms with Crippen molar-refractivity contribution in [3.05, 3.63) is 40.8 Å². The molecule has 0 aliphatic carbocycles. The summed E-state index contributed by atoms with van der Waals surface area (Å²) in [6.45, 7) is 12.2. The lowest BCUT2D eigenvalue weighted by Crippen LogP contribution is -2.58. The number of hydrogen-bond donors (Lipinski definition) is 1. The Bertz CT molecular complexity index is 1730. The summed E-state index contributed by atoms with van der Waals surface area (Å²) in [6, 6.07) is 5.40. The van der Waals surface area contributed by atoms with Crippen LogP contribution in [0.15, 0.2) is 24.4 Å². The van der Waals surface area contributed by atoms with Gasteiger partial charge in [-0.3, -0.25) is 14.8 Å². The molecule has 44 heavy (non-hydrogen) atoms. The first-order chi connectivity index (χ1) is 20.9. The van der Waals surface area contributed by atoms with Gasteiger partial charge in [0.15, 0.2) is 5.82 Å². The van der Waals surface area contributed by atoms with Crippen LogP contribution in [0.25, 0.3) is 32.9 Å². The molecule has 2 aliphatic heterocycles. The number of carbonyl (C=O) groups is 1. The molecule has 1 amide bonds. The standard InChI is InChI=1S/C32H38ClF2N7O2/c1-18-7-8-25-23(14-36-39-25)26(18)27-24(33)13-22-29(28(27)34)37-31(44-12-6-10-40-11-9-32(5,35)17-40)38-30(22)42-16-19(2)41(21(4)43)15-20(42)3/h7-8,13-14,19-20H,6,9-12,15-17H2,1-5H3,(H,36,39)/t19-,20+,32?/m1/s1. The van der Waals surface area contributed by atoms with Crippen molar-refractivity contribution < 1.29 is 18.3 Å². The van der Waals surface area contributed by atoms with Gasteiger partial charge in [0.25, 0.3) is 0 Å². The van der Waals surface area contributed by atoms with Gasteiger partial charge in [-0.05, 0) is 58.2 Å². The number of likely N-dealkylation sites (tertiary alicyclic amines) is 1. The number of anilines is 1. The third-order valence-electron chi connectivity index (χ3n) is 8.94. The van der Waals surface area contributed by atoms with Crippen LogP contribution in [0.1, 0.15) is 46.1 Å². The van der Waals surface area contributed by atoms with E-state index in [1.165, 1.54) is 0 Å². The van der Waals surface area contributed by atoms with E-state index in [4.69, 9.17) is 21.3 Å². The summed E-state index contributed by atoms with van der Waals surface area (Å²) >= 11 is 6.89. The van der Waals surface area contributed by atoms with Crippen molar-refractivity contribution in [3.63, 3.8) is 0 Å². The van der Waals surface area contributed by atoms with Crippen molar-refractivity contribution in [2.24, 2.45) is 0 Å². The Morgan fingerprint density at radius 2 is 1.98 bits per heavy atom. The molecule has 4 aromatic rings. The van der Waals surface area contributed by atoms with Crippen molar-refractivity contribution >= 4 is 45.1 Å². The largest absolute Gasteiger partial charge is 0.463 e. The Labute approximate surface area is 260 Å². The Morgan fingerprint density at radius 3 is 2.70 bits per heavy atom. The number of carbonyl (C=O) groups excluding carboxylic acids is 1. The van der Waals surface area contributed by atoms with Crippen molar-refractivity contribution in [2.45, 2.75) is 65.2 Å². The van der Waals surface area contributed by atoms with Crippen LogP contribution in [-0.2, 0) is 4.79 Å². The van der Waals surface area contributed by atoms with Crippen LogP contribution in [0.5, 0.6) is 6.01 Å². The van der Waals surface area contributed by atoms with Gasteiger partial charge in [0.05, 0.1) is 23.3 Å². The highest BCUT2D eigenvalue weighted by molar-refractivity contribution is 6.35. The summed E-state index contributed by atoms with van der Waals surface area (Å²) < 4.78 is 37.1. The number of alkyl halides is 1. The molecule has 9 nitrogen and oxygen atoms in total. The van der Waals surface area contributed by atoms with E-state index in [-0.39, 0.29) is 40.1 Å². The number of hydrogen-bond acceptors (Lipinski definition) is 7. The highest BCUT2D eigenvalue weighted by Gasteiger charge is 2.34. The molecule has 2 fully saturated rings. The Morgan fingerprint density at radius 1 is 1.18 bits per heavy atom. The van der Waals surface area contributed by atoms with Gasteiger partial charge in [-0.1, -0.05) is 17.7 Å². The molecule has 0 spiro atoms. The predicted octanol–water partition coefficient (Wildman–Crippen LogP) is 5.92. The fraction of sp³-hybridized carbons (Fsp3) is 0.500. The normalized spacial score (nSPS) is 22.8. The lowest BCUT2D eigenvalue weighted by Gasteiger charge is -2.44. The van der Waals surface area contributed by atoms with Crippen LogP contribution < -0.4 is 9.64 Å². The monoisotopic (exact) mass is 625 g/mol. The third kappa shape index (κ3) is 5.67. The minimum atomic E-state index is -1.16. The number of nitrogens with one attached hydrogen (secondary N) is 1. The van der Waals surface area contributed by atoms with Gasteiger partial charge in [-0.15, -0.1) is 0 Å². The van der Waals surface area contributed by atoms with E-state index >= 15 is 4.39 Å². The zero-order valence-electron chi connectivity index (χ0n) is 25.8. The fourth-order valence-electron chi connectivity index (χ4n) is 6.65. The molecule has 0 saturated carbocycles. The maximum absolute atomic E-state index is 16.8. The average Bonchev–Trinajstić information content (AvgIpc) is 3.58. The molecule has 6 rings (SSSR count). The Hall–Kier alpha value is -3.57. The highest BCUT2D eigenvalue weighted by Crippen LogP contribution is 2.42. The molecule has 0 radical (unpaired) electrons. The van der Waals surface area contributed by atoms with Gasteiger partial charge in [0, 0.05) is 73.6 Å². The zero-order chi connectivity index (χ0) is 31.3. The Kier molecular flexibility index (Phi) is 8.13. The molecule has 2 aliphatic rings. The molecular formula is C32H38ClF2N7O2.